The number of hydrogen-bond acceptors (Lipinski definition) is 5. The van der Waals surface area contributed by atoms with Crippen molar-refractivity contribution in [1.82, 2.24) is 5.32 Å². The van der Waals surface area contributed by atoms with E-state index in [-0.39, 0.29) is 35.3 Å². The first-order valence-corrected chi connectivity index (χ1v) is 11.5. The molecule has 6 nitrogen and oxygen atoms in total. The third-order valence-electron chi connectivity index (χ3n) is 6.35. The molecule has 0 aromatic heterocycles. The first-order chi connectivity index (χ1) is 15.6. The lowest BCUT2D eigenvalue weighted by Crippen LogP contribution is -2.46. The number of carboxylic acid groups (broad SMARTS) is 1. The van der Waals surface area contributed by atoms with E-state index in [1.807, 2.05) is 39.0 Å². The van der Waals surface area contributed by atoms with Crippen molar-refractivity contribution in [3.63, 3.8) is 0 Å². The number of rotatable bonds is 10. The fourth-order valence-electron chi connectivity index (χ4n) is 4.54. The van der Waals surface area contributed by atoms with Gasteiger partial charge in [-0.1, -0.05) is 35.9 Å². The Labute approximate surface area is 197 Å². The molecule has 1 heterocycles. The fraction of sp³-hybridized carbons (Fsp3) is 0.480. The summed E-state index contributed by atoms with van der Waals surface area (Å²) in [6.07, 6.45) is -0.785. The highest BCUT2D eigenvalue weighted by Crippen LogP contribution is 2.59. The largest absolute Gasteiger partial charge is 0.488 e. The summed E-state index contributed by atoms with van der Waals surface area (Å²) in [6, 6.07) is 10.5. The molecule has 2 aromatic carbocycles. The van der Waals surface area contributed by atoms with Gasteiger partial charge in [0, 0.05) is 29.1 Å². The number of fused-ring (bicyclic) bond motifs is 3. The van der Waals surface area contributed by atoms with Gasteiger partial charge in [0.2, 0.25) is 0 Å². The zero-order valence-corrected chi connectivity index (χ0v) is 19.6. The number of aliphatic hydroxyl groups is 1. The number of carboxylic acids is 1. The maximum atomic E-state index is 13.7. The van der Waals surface area contributed by atoms with Gasteiger partial charge < -0.3 is 25.0 Å². The quantitative estimate of drug-likeness (QED) is 0.478. The zero-order valence-electron chi connectivity index (χ0n) is 18.8. The Morgan fingerprint density at radius 1 is 1.33 bits per heavy atom. The molecule has 33 heavy (non-hydrogen) atoms. The van der Waals surface area contributed by atoms with Gasteiger partial charge in [-0.3, -0.25) is 4.79 Å². The second-order valence-electron chi connectivity index (χ2n) is 9.56. The summed E-state index contributed by atoms with van der Waals surface area (Å²) in [4.78, 5) is 11.3. The minimum Gasteiger partial charge on any atom is -0.488 e. The normalized spacial score (nSPS) is 22.8. The van der Waals surface area contributed by atoms with Gasteiger partial charge in [0.05, 0.1) is 23.8 Å². The molecular formula is C25H29ClFNO5. The monoisotopic (exact) mass is 477 g/mol. The van der Waals surface area contributed by atoms with E-state index in [0.29, 0.717) is 18.7 Å². The Hall–Kier alpha value is -2.19. The predicted molar refractivity (Wildman–Crippen MR) is 122 cm³/mol. The van der Waals surface area contributed by atoms with E-state index in [0.717, 1.165) is 16.7 Å². The number of β-amino-alcohol motifs (C(OH)–C–C–N with tert-alkyl or cyclic N) is 1. The highest BCUT2D eigenvalue weighted by molar-refractivity contribution is 6.30. The van der Waals surface area contributed by atoms with Crippen LogP contribution in [0.25, 0.3) is 0 Å². The summed E-state index contributed by atoms with van der Waals surface area (Å²) in [5, 5.41) is 23.1. The molecule has 0 amide bonds. The lowest BCUT2D eigenvalue weighted by atomic mass is 9.94. The summed E-state index contributed by atoms with van der Waals surface area (Å²) >= 11 is 5.75. The van der Waals surface area contributed by atoms with Gasteiger partial charge in [-0.15, -0.1) is 0 Å². The van der Waals surface area contributed by atoms with Crippen molar-refractivity contribution in [1.29, 1.82) is 0 Å². The predicted octanol–water partition coefficient (Wildman–Crippen LogP) is 4.09. The summed E-state index contributed by atoms with van der Waals surface area (Å²) in [7, 11) is 0. The van der Waals surface area contributed by atoms with Crippen LogP contribution < -0.4 is 10.1 Å². The molecule has 4 rings (SSSR count). The molecule has 0 radical (unpaired) electrons. The molecule has 0 spiro atoms. The third-order valence-corrected chi connectivity index (χ3v) is 6.66. The van der Waals surface area contributed by atoms with Crippen LogP contribution in [0.15, 0.2) is 36.4 Å². The van der Waals surface area contributed by atoms with Gasteiger partial charge in [-0.05, 0) is 44.9 Å². The standard InChI is InChI=1S/C25H29ClFNO5/c1-13(16-5-4-6-17-20-21(24(30)31)23(20)33-22(16)17)32-12-15(29)11-28-25(2,3)10-14-7-8-18(26)19(27)9-14/h4-9,13,15,20-21,23,28-29H,10-12H2,1-3H3,(H,30,31)/t13?,15-,20?,21?,23?/m1/s1. The SMILES string of the molecule is CC(OC[C@H](O)CNC(C)(C)Cc1ccc(Cl)c(F)c1)c1cccc2c1OC1C(C(=O)O)C21. The number of carbonyl (C=O) groups is 1. The minimum absolute atomic E-state index is 0.0872. The van der Waals surface area contributed by atoms with E-state index >= 15 is 0 Å². The first-order valence-electron chi connectivity index (χ1n) is 11.1. The number of aliphatic hydroxyl groups excluding tert-OH is 1. The summed E-state index contributed by atoms with van der Waals surface area (Å²) in [5.74, 6) is -1.12. The topological polar surface area (TPSA) is 88.0 Å². The molecule has 0 bridgehead atoms. The van der Waals surface area contributed by atoms with Crippen LogP contribution in [0.1, 0.15) is 49.5 Å². The van der Waals surface area contributed by atoms with Crippen LogP contribution in [0, 0.1) is 11.7 Å². The van der Waals surface area contributed by atoms with Crippen LogP contribution in [0.5, 0.6) is 5.75 Å². The first kappa shape index (κ1) is 24.0. The van der Waals surface area contributed by atoms with E-state index in [1.165, 1.54) is 6.07 Å². The molecule has 8 heteroatoms. The lowest BCUT2D eigenvalue weighted by Gasteiger charge is -2.28. The van der Waals surface area contributed by atoms with E-state index in [2.05, 4.69) is 5.32 Å². The number of benzene rings is 2. The average Bonchev–Trinajstić information content (AvgIpc) is 3.35. The van der Waals surface area contributed by atoms with Crippen LogP contribution in [0.3, 0.4) is 0 Å². The molecular weight excluding hydrogens is 449 g/mol. The van der Waals surface area contributed by atoms with Crippen LogP contribution >= 0.6 is 11.6 Å². The van der Waals surface area contributed by atoms with Crippen molar-refractivity contribution in [3.8, 4) is 5.75 Å². The number of para-hydroxylation sites is 1. The molecule has 1 aliphatic carbocycles. The van der Waals surface area contributed by atoms with Crippen LogP contribution in [-0.2, 0) is 16.0 Å². The Balaban J connectivity index is 1.27. The smallest absolute Gasteiger partial charge is 0.311 e. The Morgan fingerprint density at radius 3 is 2.79 bits per heavy atom. The maximum Gasteiger partial charge on any atom is 0.311 e. The number of ether oxygens (including phenoxy) is 2. The lowest BCUT2D eigenvalue weighted by molar-refractivity contribution is -0.139. The van der Waals surface area contributed by atoms with Gasteiger partial charge in [-0.2, -0.15) is 0 Å². The van der Waals surface area contributed by atoms with Gasteiger partial charge in [0.1, 0.15) is 23.6 Å². The van der Waals surface area contributed by atoms with Crippen molar-refractivity contribution < 1.29 is 28.9 Å². The molecule has 0 saturated heterocycles. The fourth-order valence-corrected chi connectivity index (χ4v) is 4.66. The van der Waals surface area contributed by atoms with Crippen LogP contribution in [0.4, 0.5) is 4.39 Å². The maximum absolute atomic E-state index is 13.7. The summed E-state index contributed by atoms with van der Waals surface area (Å²) < 4.78 is 25.5. The molecule has 178 valence electrons. The second kappa shape index (κ2) is 9.22. The number of nitrogens with one attached hydrogen (secondary N) is 1. The van der Waals surface area contributed by atoms with E-state index < -0.39 is 23.8 Å². The molecule has 2 aromatic rings. The van der Waals surface area contributed by atoms with Crippen molar-refractivity contribution in [2.45, 2.75) is 57.0 Å². The highest BCUT2D eigenvalue weighted by Gasteiger charge is 2.63. The van der Waals surface area contributed by atoms with E-state index in [1.54, 1.807) is 12.1 Å². The van der Waals surface area contributed by atoms with E-state index in [4.69, 9.17) is 21.1 Å². The molecule has 1 aliphatic heterocycles. The number of aliphatic carboxylic acids is 1. The van der Waals surface area contributed by atoms with Gasteiger partial charge in [-0.25, -0.2) is 4.39 Å². The minimum atomic E-state index is -0.829. The van der Waals surface area contributed by atoms with Crippen molar-refractivity contribution in [3.05, 3.63) is 63.9 Å². The van der Waals surface area contributed by atoms with Crippen LogP contribution in [0.2, 0.25) is 5.02 Å². The molecule has 1 fully saturated rings. The van der Waals surface area contributed by atoms with Gasteiger partial charge in [0.25, 0.3) is 0 Å². The molecule has 4 unspecified atom stereocenters. The van der Waals surface area contributed by atoms with Crippen molar-refractivity contribution in [2.24, 2.45) is 5.92 Å². The summed E-state index contributed by atoms with van der Waals surface area (Å²) in [6.45, 7) is 6.28. The number of halogens is 2. The van der Waals surface area contributed by atoms with Crippen LogP contribution in [-0.4, -0.2) is 47.1 Å². The second-order valence-corrected chi connectivity index (χ2v) is 9.96. The third kappa shape index (κ3) is 5.17. The zero-order chi connectivity index (χ0) is 23.9. The number of hydrogen-bond donors (Lipinski definition) is 3. The molecule has 2 aliphatic rings. The summed E-state index contributed by atoms with van der Waals surface area (Å²) in [5.41, 5.74) is 2.22. The molecule has 5 atom stereocenters. The Bertz CT molecular complexity index is 1050. The van der Waals surface area contributed by atoms with E-state index in [9.17, 15) is 19.4 Å². The van der Waals surface area contributed by atoms with Crippen molar-refractivity contribution in [2.75, 3.05) is 13.2 Å². The Kier molecular flexibility index (Phi) is 6.69. The van der Waals surface area contributed by atoms with Gasteiger partial charge in [0.15, 0.2) is 0 Å². The molecule has 1 saturated carbocycles. The molecule has 3 N–H and O–H groups in total. The average molecular weight is 478 g/mol. The Morgan fingerprint density at radius 2 is 2.09 bits per heavy atom. The highest BCUT2D eigenvalue weighted by atomic mass is 35.5. The van der Waals surface area contributed by atoms with Crippen molar-refractivity contribution >= 4 is 17.6 Å². The van der Waals surface area contributed by atoms with Gasteiger partial charge >= 0.3 is 5.97 Å².